The summed E-state index contributed by atoms with van der Waals surface area (Å²) in [5, 5.41) is 9.93. The fourth-order valence-corrected chi connectivity index (χ4v) is 3.40. The van der Waals surface area contributed by atoms with Crippen LogP contribution >= 0.6 is 11.6 Å². The van der Waals surface area contributed by atoms with Gasteiger partial charge in [-0.2, -0.15) is 0 Å². The highest BCUT2D eigenvalue weighted by Gasteiger charge is 2.25. The highest BCUT2D eigenvalue weighted by atomic mass is 35.5. The average molecular weight is 397 g/mol. The number of halogens is 2. The lowest BCUT2D eigenvalue weighted by molar-refractivity contribution is -0.127. The van der Waals surface area contributed by atoms with Gasteiger partial charge in [-0.15, -0.1) is 0 Å². The van der Waals surface area contributed by atoms with E-state index in [0.29, 0.717) is 30.6 Å². The predicted octanol–water partition coefficient (Wildman–Crippen LogP) is 3.23. The van der Waals surface area contributed by atoms with Crippen molar-refractivity contribution in [1.82, 2.24) is 16.0 Å². The van der Waals surface area contributed by atoms with Gasteiger partial charge in [-0.1, -0.05) is 37.9 Å². The van der Waals surface area contributed by atoms with Crippen molar-refractivity contribution >= 4 is 23.5 Å². The quantitative estimate of drug-likeness (QED) is 0.359. The fourth-order valence-electron chi connectivity index (χ4n) is 2.98. The molecule has 150 valence electrons. The molecular weight excluding hydrogens is 367 g/mol. The minimum absolute atomic E-state index is 0.182. The van der Waals surface area contributed by atoms with Crippen LogP contribution in [0.4, 0.5) is 4.39 Å². The number of benzene rings is 1. The molecule has 0 aliphatic heterocycles. The second-order valence-electron chi connectivity index (χ2n) is 7.63. The third-order valence-electron chi connectivity index (χ3n) is 5.00. The Labute approximate surface area is 166 Å². The van der Waals surface area contributed by atoms with Crippen LogP contribution < -0.4 is 16.0 Å². The van der Waals surface area contributed by atoms with Gasteiger partial charge in [-0.25, -0.2) is 4.39 Å². The minimum atomic E-state index is -0.339. The van der Waals surface area contributed by atoms with Crippen LogP contribution in [0, 0.1) is 11.7 Å². The normalized spacial score (nSPS) is 15.2. The molecule has 0 radical (unpaired) electrons. The Morgan fingerprint density at radius 2 is 1.96 bits per heavy atom. The lowest BCUT2D eigenvalue weighted by atomic mass is 9.84. The molecule has 1 aliphatic rings. The molecular formula is C20H30ClFN4O. The zero-order chi connectivity index (χ0) is 19.9. The largest absolute Gasteiger partial charge is 0.356 e. The van der Waals surface area contributed by atoms with E-state index in [-0.39, 0.29) is 23.1 Å². The molecule has 1 aromatic rings. The van der Waals surface area contributed by atoms with Gasteiger partial charge in [0.25, 0.3) is 0 Å². The van der Waals surface area contributed by atoms with Crippen molar-refractivity contribution in [3.8, 4) is 0 Å². The van der Waals surface area contributed by atoms with E-state index >= 15 is 0 Å². The Kier molecular flexibility index (Phi) is 7.90. The molecule has 1 aliphatic carbocycles. The number of carbonyl (C=O) groups is 1. The number of carbonyl (C=O) groups excluding carboxylic acids is 1. The molecule has 3 N–H and O–H groups in total. The van der Waals surface area contributed by atoms with Crippen LogP contribution in [0.1, 0.15) is 45.1 Å². The van der Waals surface area contributed by atoms with Crippen molar-refractivity contribution in [1.29, 1.82) is 0 Å². The Morgan fingerprint density at radius 3 is 2.56 bits per heavy atom. The van der Waals surface area contributed by atoms with Crippen molar-refractivity contribution < 1.29 is 9.18 Å². The molecule has 0 unspecified atom stereocenters. The average Bonchev–Trinajstić information content (AvgIpc) is 2.55. The van der Waals surface area contributed by atoms with Crippen LogP contribution in [-0.4, -0.2) is 38.5 Å². The van der Waals surface area contributed by atoms with Gasteiger partial charge in [0.1, 0.15) is 5.82 Å². The number of rotatable bonds is 8. The molecule has 0 aromatic heterocycles. The molecule has 0 spiro atoms. The van der Waals surface area contributed by atoms with Crippen molar-refractivity contribution in [2.24, 2.45) is 10.9 Å². The first-order valence-corrected chi connectivity index (χ1v) is 9.89. The summed E-state index contributed by atoms with van der Waals surface area (Å²) in [5.74, 6) is 0.760. The summed E-state index contributed by atoms with van der Waals surface area (Å²) < 4.78 is 13.3. The summed E-state index contributed by atoms with van der Waals surface area (Å²) >= 11 is 6.20. The smallest absolute Gasteiger partial charge is 0.223 e. The third kappa shape index (κ3) is 6.38. The molecule has 27 heavy (non-hydrogen) atoms. The molecule has 0 atom stereocenters. The summed E-state index contributed by atoms with van der Waals surface area (Å²) in [5.41, 5.74) is 0.589. The van der Waals surface area contributed by atoms with Crippen molar-refractivity contribution in [3.63, 3.8) is 0 Å². The standard InChI is InChI=1S/C20H30ClFN4O/c1-20(2,16-9-8-15(22)12-17(16)21)13-26-19(23-3)25-11-5-10-24-18(27)14-6-4-7-14/h8-9,12,14H,4-7,10-11,13H2,1-3H3,(H,24,27)(H2,23,25,26). The van der Waals surface area contributed by atoms with Gasteiger partial charge in [-0.3, -0.25) is 9.79 Å². The summed E-state index contributed by atoms with van der Waals surface area (Å²) in [7, 11) is 1.71. The lowest BCUT2D eigenvalue weighted by Gasteiger charge is -2.27. The number of hydrogen-bond donors (Lipinski definition) is 3. The van der Waals surface area contributed by atoms with Gasteiger partial charge >= 0.3 is 0 Å². The lowest BCUT2D eigenvalue weighted by Crippen LogP contribution is -2.44. The maximum Gasteiger partial charge on any atom is 0.223 e. The summed E-state index contributed by atoms with van der Waals surface area (Å²) in [6.45, 7) is 6.06. The van der Waals surface area contributed by atoms with Crippen LogP contribution in [0.15, 0.2) is 23.2 Å². The van der Waals surface area contributed by atoms with Gasteiger partial charge < -0.3 is 16.0 Å². The molecule has 1 fully saturated rings. The molecule has 7 heteroatoms. The number of aliphatic imine (C=N–C) groups is 1. The Morgan fingerprint density at radius 1 is 1.26 bits per heavy atom. The highest BCUT2D eigenvalue weighted by molar-refractivity contribution is 6.31. The first-order valence-electron chi connectivity index (χ1n) is 9.51. The van der Waals surface area contributed by atoms with Gasteiger partial charge in [-0.05, 0) is 37.0 Å². The summed E-state index contributed by atoms with van der Waals surface area (Å²) in [6, 6.07) is 4.48. The highest BCUT2D eigenvalue weighted by Crippen LogP contribution is 2.30. The molecule has 0 heterocycles. The Hall–Kier alpha value is -1.82. The zero-order valence-corrected chi connectivity index (χ0v) is 17.1. The molecule has 1 amide bonds. The van der Waals surface area contributed by atoms with E-state index in [1.54, 1.807) is 13.1 Å². The second kappa shape index (κ2) is 9.93. The molecule has 0 saturated heterocycles. The number of nitrogens with zero attached hydrogens (tertiary/aromatic N) is 1. The van der Waals surface area contributed by atoms with E-state index < -0.39 is 0 Å². The van der Waals surface area contributed by atoms with Crippen LogP contribution in [0.5, 0.6) is 0 Å². The predicted molar refractivity (Wildman–Crippen MR) is 109 cm³/mol. The SMILES string of the molecule is CN=C(NCCCNC(=O)C1CCC1)NCC(C)(C)c1ccc(F)cc1Cl. The number of amides is 1. The summed E-state index contributed by atoms with van der Waals surface area (Å²) in [6.07, 6.45) is 4.04. The first kappa shape index (κ1) is 21.5. The van der Waals surface area contributed by atoms with Crippen LogP contribution in [0.25, 0.3) is 0 Å². The minimum Gasteiger partial charge on any atom is -0.356 e. The van der Waals surface area contributed by atoms with E-state index in [1.165, 1.54) is 18.6 Å². The molecule has 1 aromatic carbocycles. The molecule has 1 saturated carbocycles. The molecule has 5 nitrogen and oxygen atoms in total. The van der Waals surface area contributed by atoms with Crippen molar-refractivity contribution in [2.75, 3.05) is 26.7 Å². The summed E-state index contributed by atoms with van der Waals surface area (Å²) in [4.78, 5) is 16.0. The first-order chi connectivity index (χ1) is 12.8. The van der Waals surface area contributed by atoms with Gasteiger partial charge in [0.05, 0.1) is 0 Å². The maximum atomic E-state index is 13.3. The van der Waals surface area contributed by atoms with Crippen LogP contribution in [0.2, 0.25) is 5.02 Å². The van der Waals surface area contributed by atoms with E-state index in [4.69, 9.17) is 11.6 Å². The van der Waals surface area contributed by atoms with E-state index in [1.807, 2.05) is 13.8 Å². The van der Waals surface area contributed by atoms with E-state index in [2.05, 4.69) is 20.9 Å². The van der Waals surface area contributed by atoms with Gasteiger partial charge in [0, 0.05) is 43.0 Å². The van der Waals surface area contributed by atoms with Gasteiger partial charge in [0.15, 0.2) is 5.96 Å². The second-order valence-corrected chi connectivity index (χ2v) is 8.04. The Balaban J connectivity index is 1.71. The third-order valence-corrected chi connectivity index (χ3v) is 5.32. The topological polar surface area (TPSA) is 65.5 Å². The molecule has 0 bridgehead atoms. The Bertz CT molecular complexity index is 674. The zero-order valence-electron chi connectivity index (χ0n) is 16.4. The van der Waals surface area contributed by atoms with Crippen LogP contribution in [-0.2, 0) is 10.2 Å². The monoisotopic (exact) mass is 396 g/mol. The number of guanidine groups is 1. The van der Waals surface area contributed by atoms with Crippen molar-refractivity contribution in [3.05, 3.63) is 34.6 Å². The maximum absolute atomic E-state index is 13.3. The van der Waals surface area contributed by atoms with E-state index in [9.17, 15) is 9.18 Å². The molecule has 2 rings (SSSR count). The van der Waals surface area contributed by atoms with Crippen LogP contribution in [0.3, 0.4) is 0 Å². The fraction of sp³-hybridized carbons (Fsp3) is 0.600. The van der Waals surface area contributed by atoms with Crippen molar-refractivity contribution in [2.45, 2.75) is 44.9 Å². The number of hydrogen-bond acceptors (Lipinski definition) is 2. The van der Waals surface area contributed by atoms with E-state index in [0.717, 1.165) is 24.8 Å². The van der Waals surface area contributed by atoms with Gasteiger partial charge in [0.2, 0.25) is 5.91 Å². The number of nitrogens with one attached hydrogen (secondary N) is 3.